The molecule has 0 aromatic rings. The average Bonchev–Trinajstić information content (AvgIpc) is 2.70. The number of halogens is 25. The fourth-order valence-corrected chi connectivity index (χ4v) is 2.54. The van der Waals surface area contributed by atoms with Crippen LogP contribution in [0.2, 0.25) is 0 Å². The maximum absolute atomic E-state index is 13.5. The minimum absolute atomic E-state index is 0. The predicted molar refractivity (Wildman–Crippen MR) is 70.2 cm³/mol. The van der Waals surface area contributed by atoms with Crippen molar-refractivity contribution < 1.29 is 152 Å². The molecule has 0 amide bonds. The van der Waals surface area contributed by atoms with Crippen LogP contribution in [-0.4, -0.2) is 83.6 Å². The molecule has 0 aromatic heterocycles. The zero-order valence-electron chi connectivity index (χ0n) is 18.1. The molecular weight excluding hydrogens is 722 g/mol. The summed E-state index contributed by atoms with van der Waals surface area (Å²) in [6, 6.07) is 0. The van der Waals surface area contributed by atoms with Crippen LogP contribution in [0.1, 0.15) is 0 Å². The quantitative estimate of drug-likeness (QED) is 0.184. The summed E-state index contributed by atoms with van der Waals surface area (Å²) in [5.74, 6) is -94.2. The first-order valence-corrected chi connectivity index (χ1v) is 9.59. The van der Waals surface area contributed by atoms with Gasteiger partial charge in [-0.3, -0.25) is 0 Å². The van der Waals surface area contributed by atoms with Crippen molar-refractivity contribution >= 4 is 10.1 Å². The van der Waals surface area contributed by atoms with Gasteiger partial charge in [0.05, 0.1) is 0 Å². The van der Waals surface area contributed by atoms with E-state index in [1.807, 2.05) is 0 Å². The van der Waals surface area contributed by atoms with Gasteiger partial charge in [0, 0.05) is 0 Å². The zero-order valence-corrected chi connectivity index (χ0v) is 20.9. The van der Waals surface area contributed by atoms with Crippen molar-refractivity contribution in [1.29, 1.82) is 0 Å². The third-order valence-electron chi connectivity index (χ3n) is 4.58. The van der Waals surface area contributed by atoms with Crippen LogP contribution in [0.25, 0.3) is 0 Å². The number of hydrogen-bond acceptors (Lipinski definition) is 3. The number of hydrogen-bond donors (Lipinski definition) is 0. The van der Waals surface area contributed by atoms with E-state index in [9.17, 15) is 123 Å². The SMILES string of the molecule is O=S(=O)([O-])C(F)(F)C(F)(F)C(F)(F)C(F)(F)C(F)(F)C(F)(F)C(F)(F)C(F)(F)C(F)(F)C(F)(F)C(F)(F)C(F)(F)F.[Na+]. The van der Waals surface area contributed by atoms with E-state index in [0.717, 1.165) is 0 Å². The Morgan fingerprint density at radius 2 is 0.452 bits per heavy atom. The zero-order chi connectivity index (χ0) is 34.5. The molecule has 0 aliphatic carbocycles. The molecule has 0 aliphatic heterocycles. The van der Waals surface area contributed by atoms with E-state index in [-0.39, 0.29) is 29.6 Å². The van der Waals surface area contributed by atoms with Crippen LogP contribution < -0.4 is 29.6 Å². The van der Waals surface area contributed by atoms with Gasteiger partial charge in [-0.05, 0) is 0 Å². The molecule has 0 N–H and O–H groups in total. The first kappa shape index (κ1) is 43.3. The van der Waals surface area contributed by atoms with Crippen LogP contribution in [0.15, 0.2) is 0 Å². The molecule has 0 saturated carbocycles. The summed E-state index contributed by atoms with van der Waals surface area (Å²) in [5.41, 5.74) is 0. The van der Waals surface area contributed by atoms with Crippen LogP contribution in [-0.2, 0) is 10.1 Å². The minimum Gasteiger partial charge on any atom is -0.743 e. The fourth-order valence-electron chi connectivity index (χ4n) is 2.10. The molecule has 0 bridgehead atoms. The molecule has 0 unspecified atom stereocenters. The molecule has 0 fully saturated rings. The summed E-state index contributed by atoms with van der Waals surface area (Å²) >= 11 is 0. The molecule has 30 heteroatoms. The van der Waals surface area contributed by atoms with E-state index in [4.69, 9.17) is 0 Å². The third-order valence-corrected chi connectivity index (χ3v) is 5.47. The van der Waals surface area contributed by atoms with Crippen LogP contribution in [0.3, 0.4) is 0 Å². The molecule has 0 atom stereocenters. The maximum Gasteiger partial charge on any atom is 1.00 e. The molecule has 3 nitrogen and oxygen atoms in total. The normalized spacial score (nSPS) is 16.8. The maximum atomic E-state index is 13.5. The average molecular weight is 722 g/mol. The molecule has 248 valence electrons. The van der Waals surface area contributed by atoms with Crippen molar-refractivity contribution in [3.8, 4) is 0 Å². The summed E-state index contributed by atoms with van der Waals surface area (Å²) in [4.78, 5) is 0. The first-order chi connectivity index (χ1) is 17.0. The van der Waals surface area contributed by atoms with Crippen molar-refractivity contribution in [3.05, 3.63) is 0 Å². The van der Waals surface area contributed by atoms with Gasteiger partial charge in [-0.1, -0.05) is 0 Å². The second-order valence-corrected chi connectivity index (χ2v) is 8.63. The molecule has 0 aromatic carbocycles. The van der Waals surface area contributed by atoms with Gasteiger partial charge >= 0.3 is 100 Å². The third kappa shape index (κ3) is 4.97. The molecule has 0 spiro atoms. The van der Waals surface area contributed by atoms with E-state index >= 15 is 0 Å². The summed E-state index contributed by atoms with van der Waals surface area (Å²) < 4.78 is 356. The van der Waals surface area contributed by atoms with Crippen molar-refractivity contribution in [3.63, 3.8) is 0 Å². The van der Waals surface area contributed by atoms with Crippen LogP contribution in [0, 0.1) is 0 Å². The smallest absolute Gasteiger partial charge is 0.743 e. The summed E-state index contributed by atoms with van der Waals surface area (Å²) in [6.07, 6.45) is -8.23. The largest absolute Gasteiger partial charge is 1.00 e. The second kappa shape index (κ2) is 10.3. The molecule has 0 aliphatic rings. The topological polar surface area (TPSA) is 57.2 Å². The molecule has 0 saturated heterocycles. The number of alkyl halides is 25. The predicted octanol–water partition coefficient (Wildman–Crippen LogP) is 4.04. The first-order valence-electron chi connectivity index (χ1n) is 8.18. The van der Waals surface area contributed by atoms with E-state index in [1.54, 1.807) is 0 Å². The van der Waals surface area contributed by atoms with Gasteiger partial charge in [-0.2, -0.15) is 110 Å². The van der Waals surface area contributed by atoms with E-state index in [2.05, 4.69) is 0 Å². The Labute approximate surface area is 233 Å². The second-order valence-electron chi connectivity index (χ2n) is 7.21. The van der Waals surface area contributed by atoms with Crippen LogP contribution >= 0.6 is 0 Å². The van der Waals surface area contributed by atoms with E-state index < -0.39 is 80.8 Å². The van der Waals surface area contributed by atoms with Crippen molar-refractivity contribution in [2.24, 2.45) is 0 Å². The van der Waals surface area contributed by atoms with E-state index in [0.29, 0.717) is 0 Å². The van der Waals surface area contributed by atoms with Crippen LogP contribution in [0.4, 0.5) is 110 Å². The van der Waals surface area contributed by atoms with Crippen molar-refractivity contribution in [2.45, 2.75) is 70.7 Å². The standard InChI is InChI=1S/C12HF25O3S.Na/c13-1(14,3(17,18)5(21,22)7(25,26)9(29,30)11(33,34)35)2(15,16)4(19,20)6(23,24)8(27,28)10(31,32)12(36,37)41(38,39)40;/h(H,38,39,40);/q;+1/p-1. The Hall–Kier alpha value is -0.840. The monoisotopic (exact) mass is 722 g/mol. The van der Waals surface area contributed by atoms with Gasteiger partial charge in [0.25, 0.3) is 0 Å². The van der Waals surface area contributed by atoms with Gasteiger partial charge in [0.15, 0.2) is 10.1 Å². The van der Waals surface area contributed by atoms with Gasteiger partial charge in [-0.15, -0.1) is 0 Å². The van der Waals surface area contributed by atoms with Crippen molar-refractivity contribution in [2.75, 3.05) is 0 Å². The fraction of sp³-hybridized carbons (Fsp3) is 1.00. The van der Waals surface area contributed by atoms with Gasteiger partial charge in [0.1, 0.15) is 0 Å². The Kier molecular flexibility index (Phi) is 10.7. The Morgan fingerprint density at radius 3 is 0.595 bits per heavy atom. The summed E-state index contributed by atoms with van der Waals surface area (Å²) in [5, 5.41) is -8.33. The van der Waals surface area contributed by atoms with Gasteiger partial charge < -0.3 is 4.55 Å². The van der Waals surface area contributed by atoms with E-state index in [1.165, 1.54) is 0 Å². The Balaban J connectivity index is 0. The molecule has 42 heavy (non-hydrogen) atoms. The Bertz CT molecular complexity index is 1100. The number of rotatable bonds is 11. The van der Waals surface area contributed by atoms with Gasteiger partial charge in [-0.25, -0.2) is 8.42 Å². The summed E-state index contributed by atoms with van der Waals surface area (Å²) in [6.45, 7) is 0. The molecule has 0 heterocycles. The minimum atomic E-state index is -9.77. The van der Waals surface area contributed by atoms with Gasteiger partial charge in [0.2, 0.25) is 0 Å². The molecule has 0 rings (SSSR count). The summed E-state index contributed by atoms with van der Waals surface area (Å²) in [7, 11) is -8.49. The Morgan fingerprint density at radius 1 is 0.310 bits per heavy atom. The van der Waals surface area contributed by atoms with Crippen LogP contribution in [0.5, 0.6) is 0 Å². The van der Waals surface area contributed by atoms with Crippen molar-refractivity contribution in [1.82, 2.24) is 0 Å². The molecular formula is C12F25NaO3S. The molecule has 0 radical (unpaired) electrons.